The Morgan fingerprint density at radius 2 is 1.71 bits per heavy atom. The summed E-state index contributed by atoms with van der Waals surface area (Å²) >= 11 is 1.30. The first-order chi connectivity index (χ1) is 16.8. The van der Waals surface area contributed by atoms with Crippen LogP contribution in [0.2, 0.25) is 0 Å². The van der Waals surface area contributed by atoms with Crippen LogP contribution < -0.4 is 10.6 Å². The molecule has 0 aliphatic rings. The summed E-state index contributed by atoms with van der Waals surface area (Å²) < 4.78 is 1.90. The number of hydrogen-bond donors (Lipinski definition) is 2. The Labute approximate surface area is 211 Å². The van der Waals surface area contributed by atoms with E-state index in [1.165, 1.54) is 17.3 Å². The summed E-state index contributed by atoms with van der Waals surface area (Å²) in [5.74, 6) is 1.04. The Hall–Kier alpha value is -3.39. The Kier molecular flexibility index (Phi) is 9.25. The predicted octanol–water partition coefficient (Wildman–Crippen LogP) is 5.45. The van der Waals surface area contributed by atoms with Crippen molar-refractivity contribution < 1.29 is 9.59 Å². The molecule has 0 aliphatic heterocycles. The molecule has 3 aromatic rings. The van der Waals surface area contributed by atoms with Gasteiger partial charge in [-0.25, -0.2) is 0 Å². The molecule has 35 heavy (non-hydrogen) atoms. The number of aromatic nitrogens is 3. The number of anilines is 1. The molecule has 2 amide bonds. The molecule has 8 heteroatoms. The molecule has 184 valence electrons. The summed E-state index contributed by atoms with van der Waals surface area (Å²) in [6.07, 6.45) is 1.75. The fourth-order valence-electron chi connectivity index (χ4n) is 3.56. The second-order valence-corrected chi connectivity index (χ2v) is 9.86. The van der Waals surface area contributed by atoms with Crippen molar-refractivity contribution in [2.75, 3.05) is 11.1 Å². The molecule has 0 aliphatic carbocycles. The van der Waals surface area contributed by atoms with E-state index in [0.717, 1.165) is 5.69 Å². The molecule has 1 heterocycles. The topological polar surface area (TPSA) is 88.9 Å². The van der Waals surface area contributed by atoms with Crippen molar-refractivity contribution in [3.8, 4) is 0 Å². The van der Waals surface area contributed by atoms with E-state index >= 15 is 0 Å². The molecular weight excluding hydrogens is 458 g/mol. The van der Waals surface area contributed by atoms with Crippen molar-refractivity contribution >= 4 is 29.3 Å². The standard InChI is InChI=1S/C27H33N5O2S/c1-6-16-32-25(24(19(4)5)29-26(34)21-10-8-7-9-11-21)30-31-27(32)35-17-23(33)28-22-14-12-20(13-15-22)18(2)3/h6-15,18-19,24H,1,16-17H2,2-5H3,(H,28,33)(H,29,34)/t24-/m0/s1. The minimum Gasteiger partial charge on any atom is -0.342 e. The van der Waals surface area contributed by atoms with Gasteiger partial charge in [-0.1, -0.05) is 75.9 Å². The van der Waals surface area contributed by atoms with Crippen LogP contribution in [0.1, 0.15) is 61.4 Å². The van der Waals surface area contributed by atoms with Crippen LogP contribution in [-0.2, 0) is 11.3 Å². The monoisotopic (exact) mass is 491 g/mol. The lowest BCUT2D eigenvalue weighted by Crippen LogP contribution is -2.33. The first-order valence-electron chi connectivity index (χ1n) is 11.7. The van der Waals surface area contributed by atoms with E-state index in [1.807, 2.05) is 60.9 Å². The summed E-state index contributed by atoms with van der Waals surface area (Å²) in [5, 5.41) is 15.3. The molecular formula is C27H33N5O2S. The normalized spacial score (nSPS) is 11.9. The van der Waals surface area contributed by atoms with E-state index in [2.05, 4.69) is 41.3 Å². The average Bonchev–Trinajstić information content (AvgIpc) is 3.24. The van der Waals surface area contributed by atoms with Crippen LogP contribution in [0, 0.1) is 5.92 Å². The van der Waals surface area contributed by atoms with Gasteiger partial charge in [0.25, 0.3) is 5.91 Å². The molecule has 0 radical (unpaired) electrons. The second-order valence-electron chi connectivity index (χ2n) is 8.91. The molecule has 3 rings (SSSR count). The fourth-order valence-corrected chi connectivity index (χ4v) is 4.31. The van der Waals surface area contributed by atoms with Gasteiger partial charge in [0.05, 0.1) is 11.8 Å². The Morgan fingerprint density at radius 3 is 2.31 bits per heavy atom. The van der Waals surface area contributed by atoms with Gasteiger partial charge in [0.1, 0.15) is 0 Å². The molecule has 7 nitrogen and oxygen atoms in total. The summed E-state index contributed by atoms with van der Waals surface area (Å²) in [6.45, 7) is 12.6. The van der Waals surface area contributed by atoms with Crippen LogP contribution in [-0.4, -0.2) is 32.3 Å². The van der Waals surface area contributed by atoms with Crippen LogP contribution in [0.15, 0.2) is 72.4 Å². The van der Waals surface area contributed by atoms with Crippen LogP contribution in [0.3, 0.4) is 0 Å². The third-order valence-corrected chi connectivity index (χ3v) is 6.48. The van der Waals surface area contributed by atoms with Crippen molar-refractivity contribution in [1.29, 1.82) is 0 Å². The largest absolute Gasteiger partial charge is 0.342 e. The van der Waals surface area contributed by atoms with Crippen molar-refractivity contribution in [1.82, 2.24) is 20.1 Å². The predicted molar refractivity (Wildman–Crippen MR) is 142 cm³/mol. The van der Waals surface area contributed by atoms with Gasteiger partial charge < -0.3 is 15.2 Å². The maximum atomic E-state index is 12.8. The van der Waals surface area contributed by atoms with Crippen LogP contribution in [0.4, 0.5) is 5.69 Å². The van der Waals surface area contributed by atoms with E-state index in [1.54, 1.807) is 18.2 Å². The number of hydrogen-bond acceptors (Lipinski definition) is 5. The van der Waals surface area contributed by atoms with E-state index in [0.29, 0.717) is 29.0 Å². The summed E-state index contributed by atoms with van der Waals surface area (Å²) in [4.78, 5) is 25.4. The maximum Gasteiger partial charge on any atom is 0.251 e. The lowest BCUT2D eigenvalue weighted by molar-refractivity contribution is -0.113. The Balaban J connectivity index is 1.71. The van der Waals surface area contributed by atoms with Crippen molar-refractivity contribution in [2.24, 2.45) is 5.92 Å². The van der Waals surface area contributed by atoms with Gasteiger partial charge in [-0.3, -0.25) is 9.59 Å². The van der Waals surface area contributed by atoms with Gasteiger partial charge in [0.15, 0.2) is 11.0 Å². The highest BCUT2D eigenvalue weighted by Gasteiger charge is 2.26. The zero-order chi connectivity index (χ0) is 25.4. The number of carbonyl (C=O) groups is 2. The molecule has 0 spiro atoms. The van der Waals surface area contributed by atoms with Gasteiger partial charge in [-0.15, -0.1) is 16.8 Å². The van der Waals surface area contributed by atoms with Crippen LogP contribution >= 0.6 is 11.8 Å². The molecule has 0 saturated heterocycles. The molecule has 1 aromatic heterocycles. The third-order valence-electron chi connectivity index (χ3n) is 5.52. The second kappa shape index (κ2) is 12.4. The molecule has 2 N–H and O–H groups in total. The smallest absolute Gasteiger partial charge is 0.251 e. The number of carbonyl (C=O) groups excluding carboxylic acids is 2. The molecule has 2 aromatic carbocycles. The lowest BCUT2D eigenvalue weighted by atomic mass is 10.0. The minimum absolute atomic E-state index is 0.0744. The number of amides is 2. The van der Waals surface area contributed by atoms with E-state index in [4.69, 9.17) is 0 Å². The van der Waals surface area contributed by atoms with Crippen molar-refractivity contribution in [3.63, 3.8) is 0 Å². The highest BCUT2D eigenvalue weighted by Crippen LogP contribution is 2.26. The number of thioether (sulfide) groups is 1. The molecule has 0 bridgehead atoms. The quantitative estimate of drug-likeness (QED) is 0.275. The Bertz CT molecular complexity index is 1140. The third kappa shape index (κ3) is 7.05. The van der Waals surface area contributed by atoms with Gasteiger partial charge in [-0.05, 0) is 41.7 Å². The van der Waals surface area contributed by atoms with Gasteiger partial charge in [0, 0.05) is 17.8 Å². The highest BCUT2D eigenvalue weighted by atomic mass is 32.2. The number of rotatable bonds is 11. The highest BCUT2D eigenvalue weighted by molar-refractivity contribution is 7.99. The van der Waals surface area contributed by atoms with E-state index in [-0.39, 0.29) is 29.5 Å². The molecule has 0 unspecified atom stereocenters. The van der Waals surface area contributed by atoms with Gasteiger partial charge in [-0.2, -0.15) is 0 Å². The number of benzene rings is 2. The zero-order valence-corrected chi connectivity index (χ0v) is 21.5. The number of nitrogens with one attached hydrogen (secondary N) is 2. The van der Waals surface area contributed by atoms with Crippen molar-refractivity contribution in [3.05, 3.63) is 84.2 Å². The first kappa shape index (κ1) is 26.2. The van der Waals surface area contributed by atoms with Gasteiger partial charge >= 0.3 is 0 Å². The average molecular weight is 492 g/mol. The minimum atomic E-state index is -0.349. The van der Waals surface area contributed by atoms with Crippen LogP contribution in [0.25, 0.3) is 0 Å². The zero-order valence-electron chi connectivity index (χ0n) is 20.7. The Morgan fingerprint density at radius 1 is 1.03 bits per heavy atom. The molecule has 0 fully saturated rings. The number of allylic oxidation sites excluding steroid dienone is 1. The first-order valence-corrected chi connectivity index (χ1v) is 12.7. The van der Waals surface area contributed by atoms with E-state index < -0.39 is 0 Å². The maximum absolute atomic E-state index is 12.8. The van der Waals surface area contributed by atoms with Crippen LogP contribution in [0.5, 0.6) is 0 Å². The summed E-state index contributed by atoms with van der Waals surface area (Å²) in [5.41, 5.74) is 2.57. The number of nitrogens with zero attached hydrogens (tertiary/aromatic N) is 3. The lowest BCUT2D eigenvalue weighted by Gasteiger charge is -2.22. The van der Waals surface area contributed by atoms with Gasteiger partial charge in [0.2, 0.25) is 5.91 Å². The fraction of sp³-hybridized carbons (Fsp3) is 0.333. The van der Waals surface area contributed by atoms with E-state index in [9.17, 15) is 9.59 Å². The SMILES string of the molecule is C=CCn1c(SCC(=O)Nc2ccc(C(C)C)cc2)nnc1[C@@H](NC(=O)c1ccccc1)C(C)C. The molecule has 0 saturated carbocycles. The summed E-state index contributed by atoms with van der Waals surface area (Å²) in [6, 6.07) is 16.6. The summed E-state index contributed by atoms with van der Waals surface area (Å²) in [7, 11) is 0. The van der Waals surface area contributed by atoms with Crippen molar-refractivity contribution in [2.45, 2.75) is 51.4 Å². The molecule has 1 atom stereocenters.